The predicted octanol–water partition coefficient (Wildman–Crippen LogP) is 5.43. The van der Waals surface area contributed by atoms with Gasteiger partial charge < -0.3 is 5.32 Å². The third kappa shape index (κ3) is 2.96. The molecule has 0 atom stereocenters. The summed E-state index contributed by atoms with van der Waals surface area (Å²) in [7, 11) is 0. The maximum atomic E-state index is 12.6. The molecular formula is C16H12BrCl2NO. The van der Waals surface area contributed by atoms with Gasteiger partial charge in [0.1, 0.15) is 0 Å². The van der Waals surface area contributed by atoms with Crippen molar-refractivity contribution in [1.82, 2.24) is 0 Å². The van der Waals surface area contributed by atoms with Crippen molar-refractivity contribution in [2.24, 2.45) is 0 Å². The molecule has 1 aliphatic carbocycles. The molecule has 1 amide bonds. The zero-order valence-electron chi connectivity index (χ0n) is 11.0. The average molecular weight is 385 g/mol. The highest BCUT2D eigenvalue weighted by atomic mass is 79.9. The first kappa shape index (κ1) is 14.9. The highest BCUT2D eigenvalue weighted by Crippen LogP contribution is 2.49. The molecule has 0 radical (unpaired) electrons. The SMILES string of the molecule is O=C(Nc1ccc(Br)cc1Cl)C1(c2cccc(Cl)c2)CC1. The number of carbonyl (C=O) groups is 1. The maximum absolute atomic E-state index is 12.6. The summed E-state index contributed by atoms with van der Waals surface area (Å²) in [6.07, 6.45) is 1.65. The standard InChI is InChI=1S/C16H12BrCl2NO/c17-11-4-5-14(13(19)9-11)20-15(21)16(6-7-16)10-2-1-3-12(18)8-10/h1-5,8-9H,6-7H2,(H,20,21). The van der Waals surface area contributed by atoms with Gasteiger partial charge in [0.2, 0.25) is 5.91 Å². The number of amides is 1. The lowest BCUT2D eigenvalue weighted by Crippen LogP contribution is -2.27. The van der Waals surface area contributed by atoms with Crippen molar-refractivity contribution in [2.75, 3.05) is 5.32 Å². The van der Waals surface area contributed by atoms with Crippen molar-refractivity contribution >= 4 is 50.7 Å². The predicted molar refractivity (Wildman–Crippen MR) is 90.1 cm³/mol. The van der Waals surface area contributed by atoms with Crippen molar-refractivity contribution in [3.05, 3.63) is 62.5 Å². The highest BCUT2D eigenvalue weighted by Gasteiger charge is 2.51. The molecule has 0 aliphatic heterocycles. The summed E-state index contributed by atoms with van der Waals surface area (Å²) in [5.41, 5.74) is 1.11. The van der Waals surface area contributed by atoms with E-state index >= 15 is 0 Å². The number of carbonyl (C=O) groups excluding carboxylic acids is 1. The summed E-state index contributed by atoms with van der Waals surface area (Å²) in [6.45, 7) is 0. The molecule has 0 spiro atoms. The minimum absolute atomic E-state index is 0.0333. The summed E-state index contributed by atoms with van der Waals surface area (Å²) < 4.78 is 0.876. The first-order valence-corrected chi connectivity index (χ1v) is 8.09. The van der Waals surface area contributed by atoms with Gasteiger partial charge in [-0.1, -0.05) is 51.3 Å². The molecule has 0 aromatic heterocycles. The third-order valence-electron chi connectivity index (χ3n) is 3.74. The summed E-state index contributed by atoms with van der Waals surface area (Å²) in [4.78, 5) is 12.6. The summed E-state index contributed by atoms with van der Waals surface area (Å²) in [5, 5.41) is 4.08. The van der Waals surface area contributed by atoms with Gasteiger partial charge in [-0.2, -0.15) is 0 Å². The molecule has 0 bridgehead atoms. The largest absolute Gasteiger partial charge is 0.324 e. The monoisotopic (exact) mass is 383 g/mol. The Hall–Kier alpha value is -1.03. The average Bonchev–Trinajstić information content (AvgIpc) is 3.23. The molecule has 2 nitrogen and oxygen atoms in total. The minimum Gasteiger partial charge on any atom is -0.324 e. The van der Waals surface area contributed by atoms with Crippen LogP contribution in [0.25, 0.3) is 0 Å². The minimum atomic E-state index is -0.471. The normalized spacial score (nSPS) is 15.6. The van der Waals surface area contributed by atoms with E-state index in [2.05, 4.69) is 21.2 Å². The van der Waals surface area contributed by atoms with Crippen LogP contribution in [0, 0.1) is 0 Å². The van der Waals surface area contributed by atoms with E-state index in [9.17, 15) is 4.79 Å². The van der Waals surface area contributed by atoms with E-state index < -0.39 is 5.41 Å². The van der Waals surface area contributed by atoms with Gasteiger partial charge in [-0.25, -0.2) is 0 Å². The van der Waals surface area contributed by atoms with Gasteiger partial charge >= 0.3 is 0 Å². The molecular weight excluding hydrogens is 373 g/mol. The summed E-state index contributed by atoms with van der Waals surface area (Å²) in [5.74, 6) is -0.0333. The lowest BCUT2D eigenvalue weighted by molar-refractivity contribution is -0.118. The van der Waals surface area contributed by atoms with E-state index in [0.29, 0.717) is 15.7 Å². The quantitative estimate of drug-likeness (QED) is 0.751. The van der Waals surface area contributed by atoms with Crippen LogP contribution in [0.5, 0.6) is 0 Å². The molecule has 1 aliphatic rings. The van der Waals surface area contributed by atoms with Crippen LogP contribution >= 0.6 is 39.1 Å². The smallest absolute Gasteiger partial charge is 0.235 e. The molecule has 21 heavy (non-hydrogen) atoms. The van der Waals surface area contributed by atoms with Crippen LogP contribution < -0.4 is 5.32 Å². The van der Waals surface area contributed by atoms with Gasteiger partial charge in [0, 0.05) is 9.50 Å². The van der Waals surface area contributed by atoms with Gasteiger partial charge in [0.15, 0.2) is 0 Å². The number of benzene rings is 2. The second kappa shape index (κ2) is 5.64. The molecule has 2 aromatic rings. The number of anilines is 1. The number of hydrogen-bond donors (Lipinski definition) is 1. The Morgan fingerprint density at radius 1 is 1.14 bits per heavy atom. The van der Waals surface area contributed by atoms with Crippen LogP contribution in [0.15, 0.2) is 46.9 Å². The van der Waals surface area contributed by atoms with Crippen LogP contribution in [0.2, 0.25) is 10.0 Å². The van der Waals surface area contributed by atoms with Gasteiger partial charge in [-0.05, 0) is 48.7 Å². The number of rotatable bonds is 3. The topological polar surface area (TPSA) is 29.1 Å². The Morgan fingerprint density at radius 2 is 1.90 bits per heavy atom. The van der Waals surface area contributed by atoms with Crippen molar-refractivity contribution in [2.45, 2.75) is 18.3 Å². The molecule has 1 saturated carbocycles. The molecule has 0 saturated heterocycles. The first-order valence-electron chi connectivity index (χ1n) is 6.54. The van der Waals surface area contributed by atoms with Crippen molar-refractivity contribution in [1.29, 1.82) is 0 Å². The fourth-order valence-corrected chi connectivity index (χ4v) is 3.30. The number of nitrogens with one attached hydrogen (secondary N) is 1. The maximum Gasteiger partial charge on any atom is 0.235 e. The second-order valence-corrected chi connectivity index (χ2v) is 6.93. The molecule has 1 N–H and O–H groups in total. The molecule has 2 aromatic carbocycles. The Morgan fingerprint density at radius 3 is 2.52 bits per heavy atom. The Bertz CT molecular complexity index is 713. The molecule has 1 fully saturated rings. The van der Waals surface area contributed by atoms with Crippen LogP contribution in [-0.2, 0) is 10.2 Å². The highest BCUT2D eigenvalue weighted by molar-refractivity contribution is 9.10. The fraction of sp³-hybridized carbons (Fsp3) is 0.188. The van der Waals surface area contributed by atoms with E-state index in [0.717, 1.165) is 22.9 Å². The van der Waals surface area contributed by atoms with Crippen molar-refractivity contribution in [3.8, 4) is 0 Å². The van der Waals surface area contributed by atoms with E-state index in [1.54, 1.807) is 12.1 Å². The molecule has 5 heteroatoms. The zero-order valence-corrected chi connectivity index (χ0v) is 14.1. The van der Waals surface area contributed by atoms with E-state index in [4.69, 9.17) is 23.2 Å². The van der Waals surface area contributed by atoms with Crippen molar-refractivity contribution < 1.29 is 4.79 Å². The van der Waals surface area contributed by atoms with Gasteiger partial charge in [-0.15, -0.1) is 0 Å². The molecule has 3 rings (SSSR count). The molecule has 0 heterocycles. The lowest BCUT2D eigenvalue weighted by atomic mass is 9.95. The Labute approximate surface area is 141 Å². The van der Waals surface area contributed by atoms with Gasteiger partial charge in [0.05, 0.1) is 16.1 Å². The number of hydrogen-bond acceptors (Lipinski definition) is 1. The van der Waals surface area contributed by atoms with Crippen molar-refractivity contribution in [3.63, 3.8) is 0 Å². The molecule has 0 unspecified atom stereocenters. The van der Waals surface area contributed by atoms with Crippen LogP contribution in [-0.4, -0.2) is 5.91 Å². The zero-order chi connectivity index (χ0) is 15.0. The van der Waals surface area contributed by atoms with Gasteiger partial charge in [-0.3, -0.25) is 4.79 Å². The fourth-order valence-electron chi connectivity index (χ4n) is 2.39. The Kier molecular flexibility index (Phi) is 4.00. The van der Waals surface area contributed by atoms with Crippen LogP contribution in [0.3, 0.4) is 0 Å². The Balaban J connectivity index is 1.85. The first-order chi connectivity index (χ1) is 10.0. The van der Waals surface area contributed by atoms with E-state index in [-0.39, 0.29) is 5.91 Å². The van der Waals surface area contributed by atoms with Gasteiger partial charge in [0.25, 0.3) is 0 Å². The summed E-state index contributed by atoms with van der Waals surface area (Å²) >= 11 is 15.5. The molecule has 108 valence electrons. The third-order valence-corrected chi connectivity index (χ3v) is 4.78. The van der Waals surface area contributed by atoms with E-state index in [1.165, 1.54) is 0 Å². The second-order valence-electron chi connectivity index (χ2n) is 5.17. The summed E-state index contributed by atoms with van der Waals surface area (Å²) in [6, 6.07) is 12.9. The lowest BCUT2D eigenvalue weighted by Gasteiger charge is -2.17. The van der Waals surface area contributed by atoms with Crippen LogP contribution in [0.4, 0.5) is 5.69 Å². The van der Waals surface area contributed by atoms with E-state index in [1.807, 2.05) is 30.3 Å². The number of halogens is 3. The van der Waals surface area contributed by atoms with Crippen LogP contribution in [0.1, 0.15) is 18.4 Å².